The minimum atomic E-state index is -1.19. The highest BCUT2D eigenvalue weighted by Gasteiger charge is 2.36. The lowest BCUT2D eigenvalue weighted by atomic mass is 10.1. The van der Waals surface area contributed by atoms with E-state index in [-0.39, 0.29) is 6.04 Å². The molecule has 0 saturated heterocycles. The molecule has 3 N–H and O–H groups in total. The van der Waals surface area contributed by atoms with E-state index in [4.69, 9.17) is 5.21 Å². The van der Waals surface area contributed by atoms with Crippen molar-refractivity contribution in [1.29, 1.82) is 0 Å². The smallest absolute Gasteiger partial charge is 0.151 e. The van der Waals surface area contributed by atoms with E-state index < -0.39 is 5.60 Å². The van der Waals surface area contributed by atoms with E-state index >= 15 is 0 Å². The average molecular weight is 145 g/mol. The largest absolute Gasteiger partial charge is 0.382 e. The van der Waals surface area contributed by atoms with Crippen molar-refractivity contribution in [2.24, 2.45) is 0 Å². The Morgan fingerprint density at radius 1 is 1.70 bits per heavy atom. The van der Waals surface area contributed by atoms with Gasteiger partial charge in [0.15, 0.2) is 6.29 Å². The predicted octanol–water partition coefficient (Wildman–Crippen LogP) is -0.552. The lowest BCUT2D eigenvalue weighted by Gasteiger charge is -2.12. The first-order valence-electron chi connectivity index (χ1n) is 3.28. The molecular weight excluding hydrogens is 134 g/mol. The fraction of sp³-hybridized carbons (Fsp3) is 0.833. The molecule has 0 aromatic heterocycles. The van der Waals surface area contributed by atoms with E-state index in [1.165, 1.54) is 0 Å². The quantitative estimate of drug-likeness (QED) is 0.360. The SMILES string of the molecule is O=CC1(O)CCC(NO)C1. The van der Waals surface area contributed by atoms with Gasteiger partial charge in [-0.2, -0.15) is 0 Å². The monoisotopic (exact) mass is 145 g/mol. The molecule has 0 amide bonds. The maximum atomic E-state index is 10.2. The van der Waals surface area contributed by atoms with Gasteiger partial charge >= 0.3 is 0 Å². The van der Waals surface area contributed by atoms with Crippen molar-refractivity contribution >= 4 is 6.29 Å². The Labute approximate surface area is 58.8 Å². The normalized spacial score (nSPS) is 40.0. The molecule has 0 aromatic rings. The summed E-state index contributed by atoms with van der Waals surface area (Å²) >= 11 is 0. The molecule has 2 unspecified atom stereocenters. The molecule has 58 valence electrons. The molecule has 0 heterocycles. The molecule has 0 aromatic carbocycles. The number of carbonyl (C=O) groups excluding carboxylic acids is 1. The van der Waals surface area contributed by atoms with Gasteiger partial charge in [-0.05, 0) is 12.8 Å². The first kappa shape index (κ1) is 7.65. The first-order valence-corrected chi connectivity index (χ1v) is 3.28. The zero-order chi connectivity index (χ0) is 7.61. The van der Waals surface area contributed by atoms with E-state index in [0.717, 1.165) is 0 Å². The highest BCUT2D eigenvalue weighted by atomic mass is 16.5. The maximum Gasteiger partial charge on any atom is 0.151 e. The van der Waals surface area contributed by atoms with Crippen LogP contribution in [0.15, 0.2) is 0 Å². The van der Waals surface area contributed by atoms with Crippen LogP contribution in [0, 0.1) is 0 Å². The van der Waals surface area contributed by atoms with Gasteiger partial charge in [-0.3, -0.25) is 0 Å². The summed E-state index contributed by atoms with van der Waals surface area (Å²) in [7, 11) is 0. The van der Waals surface area contributed by atoms with Crippen LogP contribution in [0.2, 0.25) is 0 Å². The Morgan fingerprint density at radius 2 is 2.40 bits per heavy atom. The van der Waals surface area contributed by atoms with Crippen LogP contribution in [0.25, 0.3) is 0 Å². The second-order valence-corrected chi connectivity index (χ2v) is 2.79. The highest BCUT2D eigenvalue weighted by Crippen LogP contribution is 2.27. The van der Waals surface area contributed by atoms with Crippen molar-refractivity contribution in [2.75, 3.05) is 0 Å². The van der Waals surface area contributed by atoms with Crippen molar-refractivity contribution in [3.05, 3.63) is 0 Å². The van der Waals surface area contributed by atoms with Crippen LogP contribution in [0.3, 0.4) is 0 Å². The molecule has 4 nitrogen and oxygen atoms in total. The molecule has 2 atom stereocenters. The average Bonchev–Trinajstić information content (AvgIpc) is 2.33. The van der Waals surface area contributed by atoms with Crippen molar-refractivity contribution in [3.8, 4) is 0 Å². The van der Waals surface area contributed by atoms with Gasteiger partial charge < -0.3 is 15.1 Å². The van der Waals surface area contributed by atoms with Crippen LogP contribution >= 0.6 is 0 Å². The number of aldehydes is 1. The standard InChI is InChI=1S/C6H11NO3/c8-4-6(9)2-1-5(3-6)7-10/h4-5,7,9-10H,1-3H2. The number of nitrogens with one attached hydrogen (secondary N) is 1. The summed E-state index contributed by atoms with van der Waals surface area (Å²) in [6.45, 7) is 0. The van der Waals surface area contributed by atoms with Crippen molar-refractivity contribution in [3.63, 3.8) is 0 Å². The minimum Gasteiger partial charge on any atom is -0.382 e. The number of aliphatic hydroxyl groups is 1. The van der Waals surface area contributed by atoms with E-state index in [2.05, 4.69) is 0 Å². The second-order valence-electron chi connectivity index (χ2n) is 2.79. The second kappa shape index (κ2) is 2.65. The topological polar surface area (TPSA) is 69.6 Å². The Morgan fingerprint density at radius 3 is 2.70 bits per heavy atom. The van der Waals surface area contributed by atoms with Gasteiger partial charge in [0, 0.05) is 12.5 Å². The highest BCUT2D eigenvalue weighted by molar-refractivity contribution is 5.62. The Hall–Kier alpha value is -0.450. The fourth-order valence-electron chi connectivity index (χ4n) is 1.27. The summed E-state index contributed by atoms with van der Waals surface area (Å²) in [6, 6.07) is -0.129. The van der Waals surface area contributed by atoms with Crippen LogP contribution in [0.1, 0.15) is 19.3 Å². The lowest BCUT2D eigenvalue weighted by Crippen LogP contribution is -2.30. The summed E-state index contributed by atoms with van der Waals surface area (Å²) in [4.78, 5) is 10.2. The van der Waals surface area contributed by atoms with Gasteiger partial charge in [0.1, 0.15) is 5.60 Å². The summed E-state index contributed by atoms with van der Waals surface area (Å²) in [6.07, 6.45) is 1.94. The number of hydrogen-bond acceptors (Lipinski definition) is 4. The Balaban J connectivity index is 2.48. The van der Waals surface area contributed by atoms with E-state index in [9.17, 15) is 9.90 Å². The third-order valence-electron chi connectivity index (χ3n) is 1.93. The lowest BCUT2D eigenvalue weighted by molar-refractivity contribution is -0.123. The number of rotatable bonds is 2. The van der Waals surface area contributed by atoms with Gasteiger partial charge in [-0.1, -0.05) is 0 Å². The van der Waals surface area contributed by atoms with Gasteiger partial charge in [0.2, 0.25) is 0 Å². The molecule has 0 aliphatic heterocycles. The molecule has 10 heavy (non-hydrogen) atoms. The van der Waals surface area contributed by atoms with Crippen molar-refractivity contribution in [2.45, 2.75) is 30.9 Å². The molecular formula is C6H11NO3. The van der Waals surface area contributed by atoms with Crippen LogP contribution in [0.4, 0.5) is 0 Å². The molecule has 0 bridgehead atoms. The number of carbonyl (C=O) groups is 1. The Kier molecular flexibility index (Phi) is 2.03. The van der Waals surface area contributed by atoms with Crippen LogP contribution < -0.4 is 5.48 Å². The zero-order valence-electron chi connectivity index (χ0n) is 5.58. The molecule has 1 rings (SSSR count). The van der Waals surface area contributed by atoms with Gasteiger partial charge in [-0.15, -0.1) is 0 Å². The van der Waals surface area contributed by atoms with E-state index in [0.29, 0.717) is 25.5 Å². The third kappa shape index (κ3) is 1.34. The van der Waals surface area contributed by atoms with Gasteiger partial charge in [0.05, 0.1) is 0 Å². The van der Waals surface area contributed by atoms with Crippen LogP contribution in [0.5, 0.6) is 0 Å². The number of hydroxylamine groups is 1. The van der Waals surface area contributed by atoms with Crippen LogP contribution in [-0.2, 0) is 4.79 Å². The maximum absolute atomic E-state index is 10.2. The van der Waals surface area contributed by atoms with E-state index in [1.54, 1.807) is 0 Å². The first-order chi connectivity index (χ1) is 4.70. The molecule has 1 aliphatic carbocycles. The molecule has 0 spiro atoms. The molecule has 4 heteroatoms. The summed E-state index contributed by atoms with van der Waals surface area (Å²) < 4.78 is 0. The molecule has 1 saturated carbocycles. The van der Waals surface area contributed by atoms with Crippen molar-refractivity contribution in [1.82, 2.24) is 5.48 Å². The third-order valence-corrected chi connectivity index (χ3v) is 1.93. The van der Waals surface area contributed by atoms with Gasteiger partial charge in [0.25, 0.3) is 0 Å². The predicted molar refractivity (Wildman–Crippen MR) is 33.6 cm³/mol. The molecule has 1 fully saturated rings. The molecule has 0 radical (unpaired) electrons. The number of hydrogen-bond donors (Lipinski definition) is 3. The summed E-state index contributed by atoms with van der Waals surface area (Å²) in [5, 5.41) is 17.7. The zero-order valence-corrected chi connectivity index (χ0v) is 5.58. The summed E-state index contributed by atoms with van der Waals surface area (Å²) in [5.41, 5.74) is 0.840. The fourth-order valence-corrected chi connectivity index (χ4v) is 1.27. The van der Waals surface area contributed by atoms with E-state index in [1.807, 2.05) is 5.48 Å². The minimum absolute atomic E-state index is 0.129. The molecule has 1 aliphatic rings. The van der Waals surface area contributed by atoms with Crippen molar-refractivity contribution < 1.29 is 15.1 Å². The summed E-state index contributed by atoms with van der Waals surface area (Å²) in [5.74, 6) is 0. The van der Waals surface area contributed by atoms with Crippen LogP contribution in [-0.4, -0.2) is 28.2 Å². The Bertz CT molecular complexity index is 139. The van der Waals surface area contributed by atoms with Gasteiger partial charge in [-0.25, -0.2) is 5.48 Å².